The maximum absolute atomic E-state index is 12.4. The third kappa shape index (κ3) is 2.42. The number of carbonyl (C=O) groups excluding carboxylic acids is 1. The van der Waals surface area contributed by atoms with Crippen LogP contribution in [0.1, 0.15) is 17.3 Å². The molecule has 2 aromatic rings. The third-order valence-corrected chi connectivity index (χ3v) is 5.22. The van der Waals surface area contributed by atoms with Gasteiger partial charge in [-0.25, -0.2) is 0 Å². The summed E-state index contributed by atoms with van der Waals surface area (Å²) < 4.78 is 0. The van der Waals surface area contributed by atoms with Crippen molar-refractivity contribution < 1.29 is 4.79 Å². The zero-order valence-electron chi connectivity index (χ0n) is 11.8. The van der Waals surface area contributed by atoms with E-state index in [0.717, 1.165) is 16.0 Å². The summed E-state index contributed by atoms with van der Waals surface area (Å²) in [5.41, 5.74) is 2.14. The van der Waals surface area contributed by atoms with Crippen LogP contribution in [-0.2, 0) is 4.79 Å². The first-order valence-corrected chi connectivity index (χ1v) is 8.09. The summed E-state index contributed by atoms with van der Waals surface area (Å²) in [5, 5.41) is 6.59. The van der Waals surface area contributed by atoms with E-state index >= 15 is 0 Å². The molecule has 4 rings (SSSR count). The highest BCUT2D eigenvalue weighted by Crippen LogP contribution is 2.43. The molecule has 1 aromatic carbocycles. The number of thioether (sulfide) groups is 1. The summed E-state index contributed by atoms with van der Waals surface area (Å²) >= 11 is 1.72. The van der Waals surface area contributed by atoms with Crippen molar-refractivity contribution in [1.29, 1.82) is 0 Å². The van der Waals surface area contributed by atoms with Crippen LogP contribution in [0.3, 0.4) is 0 Å². The number of fused-ring (bicyclic) bond motifs is 1. The minimum atomic E-state index is -0.182. The highest BCUT2D eigenvalue weighted by molar-refractivity contribution is 8.09. The normalized spacial score (nSPS) is 27.0. The number of pyridine rings is 1. The minimum absolute atomic E-state index is 0.0640. The first-order valence-electron chi connectivity index (χ1n) is 7.21. The second-order valence-corrected chi connectivity index (χ2v) is 6.54. The predicted molar refractivity (Wildman–Crippen MR) is 87.5 cm³/mol. The van der Waals surface area contributed by atoms with Crippen molar-refractivity contribution in [2.45, 2.75) is 11.5 Å². The minimum Gasteiger partial charge on any atom is -0.336 e. The fourth-order valence-electron chi connectivity index (χ4n) is 2.79. The first kappa shape index (κ1) is 13.5. The second-order valence-electron chi connectivity index (χ2n) is 5.36. The Kier molecular flexibility index (Phi) is 3.44. The average molecular weight is 309 g/mol. The SMILES string of the molecule is O=C1NC(c2cccnc2)NC2SC(c3ccccc3)=CC12. The van der Waals surface area contributed by atoms with Crippen molar-refractivity contribution in [3.8, 4) is 0 Å². The number of nitrogens with one attached hydrogen (secondary N) is 2. The number of hydrogen-bond acceptors (Lipinski definition) is 4. The summed E-state index contributed by atoms with van der Waals surface area (Å²) in [6.07, 6.45) is 5.39. The van der Waals surface area contributed by atoms with Gasteiger partial charge in [0.2, 0.25) is 5.91 Å². The Balaban J connectivity index is 1.57. The Bertz CT molecular complexity index is 717. The Morgan fingerprint density at radius 2 is 1.95 bits per heavy atom. The van der Waals surface area contributed by atoms with E-state index < -0.39 is 0 Å². The smallest absolute Gasteiger partial charge is 0.230 e. The summed E-state index contributed by atoms with van der Waals surface area (Å²) in [5.74, 6) is -0.0656. The molecule has 3 heterocycles. The molecule has 1 saturated heterocycles. The van der Waals surface area contributed by atoms with E-state index in [-0.39, 0.29) is 23.4 Å². The quantitative estimate of drug-likeness (QED) is 0.895. The zero-order valence-corrected chi connectivity index (χ0v) is 12.6. The zero-order chi connectivity index (χ0) is 14.9. The van der Waals surface area contributed by atoms with E-state index in [4.69, 9.17) is 0 Å². The lowest BCUT2D eigenvalue weighted by molar-refractivity contribution is -0.126. The predicted octanol–water partition coefficient (Wildman–Crippen LogP) is 2.53. The molecule has 0 bridgehead atoms. The molecular formula is C17H15N3OS. The van der Waals surface area contributed by atoms with Gasteiger partial charge in [-0.15, -0.1) is 11.8 Å². The fourth-order valence-corrected chi connectivity index (χ4v) is 4.11. The van der Waals surface area contributed by atoms with Gasteiger partial charge in [0.1, 0.15) is 6.17 Å². The molecule has 1 amide bonds. The molecule has 0 spiro atoms. The maximum atomic E-state index is 12.4. The molecule has 0 aliphatic carbocycles. The van der Waals surface area contributed by atoms with Gasteiger partial charge in [0.25, 0.3) is 0 Å². The standard InChI is InChI=1S/C17H15N3OS/c21-16-13-9-14(11-5-2-1-3-6-11)22-17(13)20-15(19-16)12-7-4-8-18-10-12/h1-10,13,15,17,20H,(H,19,21). The van der Waals surface area contributed by atoms with Crippen LogP contribution in [0.4, 0.5) is 0 Å². The van der Waals surface area contributed by atoms with Crippen molar-refractivity contribution in [3.05, 3.63) is 72.1 Å². The largest absolute Gasteiger partial charge is 0.336 e. The third-order valence-electron chi connectivity index (χ3n) is 3.91. The van der Waals surface area contributed by atoms with Crippen LogP contribution in [0.2, 0.25) is 0 Å². The summed E-state index contributed by atoms with van der Waals surface area (Å²) in [4.78, 5) is 17.7. The summed E-state index contributed by atoms with van der Waals surface area (Å²) in [7, 11) is 0. The Morgan fingerprint density at radius 1 is 1.09 bits per heavy atom. The van der Waals surface area contributed by atoms with Crippen molar-refractivity contribution in [2.24, 2.45) is 5.92 Å². The number of carbonyl (C=O) groups is 1. The van der Waals surface area contributed by atoms with Gasteiger partial charge in [0, 0.05) is 22.9 Å². The van der Waals surface area contributed by atoms with Gasteiger partial charge in [-0.05, 0) is 11.6 Å². The van der Waals surface area contributed by atoms with Crippen LogP contribution >= 0.6 is 11.8 Å². The molecule has 2 aliphatic heterocycles. The monoisotopic (exact) mass is 309 g/mol. The lowest BCUT2D eigenvalue weighted by Gasteiger charge is -2.33. The number of nitrogens with zero attached hydrogens (tertiary/aromatic N) is 1. The van der Waals surface area contributed by atoms with Gasteiger partial charge < -0.3 is 5.32 Å². The summed E-state index contributed by atoms with van der Waals surface area (Å²) in [6, 6.07) is 14.0. The topological polar surface area (TPSA) is 54.0 Å². The maximum Gasteiger partial charge on any atom is 0.230 e. The van der Waals surface area contributed by atoms with Crippen LogP contribution in [0.25, 0.3) is 4.91 Å². The molecule has 3 atom stereocenters. The van der Waals surface area contributed by atoms with E-state index in [0.29, 0.717) is 0 Å². The van der Waals surface area contributed by atoms with Gasteiger partial charge in [0.15, 0.2) is 0 Å². The molecule has 3 unspecified atom stereocenters. The number of amides is 1. The average Bonchev–Trinajstić information content (AvgIpc) is 3.01. The Morgan fingerprint density at radius 3 is 2.73 bits per heavy atom. The molecule has 1 fully saturated rings. The van der Waals surface area contributed by atoms with E-state index in [1.165, 1.54) is 0 Å². The molecule has 4 nitrogen and oxygen atoms in total. The lowest BCUT2D eigenvalue weighted by atomic mass is 10.0. The van der Waals surface area contributed by atoms with Crippen molar-refractivity contribution in [3.63, 3.8) is 0 Å². The molecule has 0 radical (unpaired) electrons. The van der Waals surface area contributed by atoms with Crippen LogP contribution < -0.4 is 10.6 Å². The van der Waals surface area contributed by atoms with E-state index in [1.54, 1.807) is 24.2 Å². The highest BCUT2D eigenvalue weighted by atomic mass is 32.2. The molecule has 2 aliphatic rings. The van der Waals surface area contributed by atoms with E-state index in [9.17, 15) is 4.79 Å². The molecular weight excluding hydrogens is 294 g/mol. The molecule has 22 heavy (non-hydrogen) atoms. The number of benzene rings is 1. The summed E-state index contributed by atoms with van der Waals surface area (Å²) in [6.45, 7) is 0. The highest BCUT2D eigenvalue weighted by Gasteiger charge is 2.40. The Labute approximate surface area is 133 Å². The van der Waals surface area contributed by atoms with E-state index in [1.807, 2.05) is 30.3 Å². The molecule has 1 aromatic heterocycles. The first-order chi connectivity index (χ1) is 10.8. The van der Waals surface area contributed by atoms with E-state index in [2.05, 4.69) is 33.8 Å². The van der Waals surface area contributed by atoms with Crippen molar-refractivity contribution in [1.82, 2.24) is 15.6 Å². The number of aromatic nitrogens is 1. The molecule has 110 valence electrons. The van der Waals surface area contributed by atoms with Gasteiger partial charge in [0.05, 0.1) is 11.3 Å². The lowest BCUT2D eigenvalue weighted by Crippen LogP contribution is -2.53. The van der Waals surface area contributed by atoms with Crippen LogP contribution in [-0.4, -0.2) is 16.3 Å². The van der Waals surface area contributed by atoms with Gasteiger partial charge in [-0.3, -0.25) is 15.1 Å². The van der Waals surface area contributed by atoms with Crippen LogP contribution in [0, 0.1) is 5.92 Å². The van der Waals surface area contributed by atoms with Gasteiger partial charge in [-0.2, -0.15) is 0 Å². The number of hydrogen-bond donors (Lipinski definition) is 2. The van der Waals surface area contributed by atoms with Gasteiger partial charge >= 0.3 is 0 Å². The molecule has 2 N–H and O–H groups in total. The van der Waals surface area contributed by atoms with Crippen molar-refractivity contribution in [2.75, 3.05) is 0 Å². The van der Waals surface area contributed by atoms with Crippen LogP contribution in [0.5, 0.6) is 0 Å². The van der Waals surface area contributed by atoms with Crippen molar-refractivity contribution >= 4 is 22.6 Å². The van der Waals surface area contributed by atoms with Crippen LogP contribution in [0.15, 0.2) is 60.9 Å². The Hall–Kier alpha value is -2.11. The van der Waals surface area contributed by atoms with Gasteiger partial charge in [-0.1, -0.05) is 42.5 Å². The molecule has 5 heteroatoms. The fraction of sp³-hybridized carbons (Fsp3) is 0.176. The molecule has 0 saturated carbocycles. The second kappa shape index (κ2) is 5.59. The number of rotatable bonds is 2.